The van der Waals surface area contributed by atoms with E-state index in [-0.39, 0.29) is 48.3 Å². The van der Waals surface area contributed by atoms with Gasteiger partial charge in [-0.15, -0.1) is 10.2 Å². The SMILES string of the molecule is COc1ncnc(OC)c1-n1c(CS(=O)(=O)[C@@H]2C[C@H](OC(C)C)CN(c3ncc(F)cn3)C2)nnc1[C@@H]1CCCO1. The van der Waals surface area contributed by atoms with Gasteiger partial charge >= 0.3 is 0 Å². The van der Waals surface area contributed by atoms with E-state index in [1.165, 1.54) is 20.5 Å². The highest BCUT2D eigenvalue weighted by Crippen LogP contribution is 2.36. The van der Waals surface area contributed by atoms with E-state index in [2.05, 4.69) is 30.1 Å². The van der Waals surface area contributed by atoms with Gasteiger partial charge in [-0.3, -0.25) is 4.57 Å². The predicted molar refractivity (Wildman–Crippen MR) is 143 cm³/mol. The number of piperidine rings is 1. The van der Waals surface area contributed by atoms with Crippen molar-refractivity contribution in [1.29, 1.82) is 0 Å². The third-order valence-electron chi connectivity index (χ3n) is 6.90. The molecule has 0 aliphatic carbocycles. The molecule has 0 amide bonds. The van der Waals surface area contributed by atoms with Gasteiger partial charge in [0.1, 0.15) is 18.2 Å². The van der Waals surface area contributed by atoms with Crippen LogP contribution in [0.3, 0.4) is 0 Å². The number of nitrogens with zero attached hydrogens (tertiary/aromatic N) is 8. The lowest BCUT2D eigenvalue weighted by molar-refractivity contribution is 0.00143. The number of ether oxygens (including phenoxy) is 4. The molecule has 0 spiro atoms. The van der Waals surface area contributed by atoms with Gasteiger partial charge in [-0.05, 0) is 33.1 Å². The maximum absolute atomic E-state index is 14.1. The molecule has 0 saturated carbocycles. The van der Waals surface area contributed by atoms with E-state index in [0.717, 1.165) is 18.8 Å². The van der Waals surface area contributed by atoms with Crippen LogP contribution in [0, 0.1) is 5.82 Å². The summed E-state index contributed by atoms with van der Waals surface area (Å²) in [6, 6.07) is 0. The first-order chi connectivity index (χ1) is 19.7. The first-order valence-corrected chi connectivity index (χ1v) is 15.0. The van der Waals surface area contributed by atoms with Crippen molar-refractivity contribution in [2.75, 3.05) is 38.8 Å². The highest BCUT2D eigenvalue weighted by molar-refractivity contribution is 7.91. The zero-order valence-corrected chi connectivity index (χ0v) is 24.1. The van der Waals surface area contributed by atoms with Crippen molar-refractivity contribution in [3.05, 3.63) is 36.2 Å². The van der Waals surface area contributed by atoms with Gasteiger partial charge in [-0.2, -0.15) is 9.97 Å². The summed E-state index contributed by atoms with van der Waals surface area (Å²) in [5.74, 6) is 0.0638. The molecule has 14 nitrogen and oxygen atoms in total. The molecule has 5 heterocycles. The van der Waals surface area contributed by atoms with Crippen molar-refractivity contribution in [2.45, 2.75) is 62.4 Å². The fourth-order valence-corrected chi connectivity index (χ4v) is 6.87. The molecule has 222 valence electrons. The molecule has 0 bridgehead atoms. The Kier molecular flexibility index (Phi) is 8.60. The van der Waals surface area contributed by atoms with Gasteiger partial charge in [0, 0.05) is 19.7 Å². The van der Waals surface area contributed by atoms with E-state index in [0.29, 0.717) is 25.4 Å². The van der Waals surface area contributed by atoms with Crippen LogP contribution < -0.4 is 14.4 Å². The summed E-state index contributed by atoms with van der Waals surface area (Å²) in [4.78, 5) is 18.2. The number of sulfone groups is 1. The minimum Gasteiger partial charge on any atom is -0.479 e. The number of halogens is 1. The Bertz CT molecular complexity index is 1430. The molecule has 41 heavy (non-hydrogen) atoms. The number of hydrogen-bond acceptors (Lipinski definition) is 13. The van der Waals surface area contributed by atoms with Crippen LogP contribution in [0.5, 0.6) is 11.8 Å². The van der Waals surface area contributed by atoms with Crippen molar-refractivity contribution >= 4 is 15.8 Å². The Balaban J connectivity index is 1.52. The predicted octanol–water partition coefficient (Wildman–Crippen LogP) is 1.84. The molecule has 0 aromatic carbocycles. The Labute approximate surface area is 237 Å². The average Bonchev–Trinajstić information content (AvgIpc) is 3.62. The molecule has 16 heteroatoms. The monoisotopic (exact) mass is 592 g/mol. The van der Waals surface area contributed by atoms with Crippen molar-refractivity contribution in [3.8, 4) is 17.4 Å². The molecule has 3 aromatic heterocycles. The Morgan fingerprint density at radius 3 is 2.39 bits per heavy atom. The van der Waals surface area contributed by atoms with Gasteiger partial charge in [0.15, 0.2) is 33.0 Å². The zero-order chi connectivity index (χ0) is 29.1. The van der Waals surface area contributed by atoms with Crippen LogP contribution in [0.25, 0.3) is 5.69 Å². The van der Waals surface area contributed by atoms with Crippen LogP contribution in [0.2, 0.25) is 0 Å². The van der Waals surface area contributed by atoms with Gasteiger partial charge in [0.25, 0.3) is 0 Å². The maximum Gasteiger partial charge on any atom is 0.245 e. The quantitative estimate of drug-likeness (QED) is 0.336. The third kappa shape index (κ3) is 6.23. The highest BCUT2D eigenvalue weighted by atomic mass is 32.2. The average molecular weight is 593 g/mol. The summed E-state index contributed by atoms with van der Waals surface area (Å²) in [5, 5.41) is 7.78. The van der Waals surface area contributed by atoms with E-state index in [4.69, 9.17) is 18.9 Å². The summed E-state index contributed by atoms with van der Waals surface area (Å²) in [5.41, 5.74) is 0.282. The Hall–Kier alpha value is -3.50. The van der Waals surface area contributed by atoms with Crippen LogP contribution >= 0.6 is 0 Å². The maximum atomic E-state index is 14.1. The first-order valence-electron chi connectivity index (χ1n) is 13.3. The summed E-state index contributed by atoms with van der Waals surface area (Å²) >= 11 is 0. The molecule has 2 fully saturated rings. The molecule has 0 radical (unpaired) electrons. The second kappa shape index (κ2) is 12.2. The molecular weight excluding hydrogens is 559 g/mol. The fraction of sp³-hybridized carbons (Fsp3) is 0.600. The zero-order valence-electron chi connectivity index (χ0n) is 23.3. The normalized spacial score (nSPS) is 21.4. The van der Waals surface area contributed by atoms with Crippen molar-refractivity contribution < 1.29 is 31.8 Å². The molecule has 3 atom stereocenters. The molecule has 2 aliphatic heterocycles. The van der Waals surface area contributed by atoms with Gasteiger partial charge < -0.3 is 23.8 Å². The van der Waals surface area contributed by atoms with E-state index < -0.39 is 38.9 Å². The Morgan fingerprint density at radius 2 is 1.78 bits per heavy atom. The van der Waals surface area contributed by atoms with Crippen LogP contribution in [-0.4, -0.2) is 94.5 Å². The van der Waals surface area contributed by atoms with E-state index >= 15 is 0 Å². The number of methoxy groups -OCH3 is 2. The van der Waals surface area contributed by atoms with E-state index in [1.54, 1.807) is 9.47 Å². The number of hydrogen-bond donors (Lipinski definition) is 0. The highest BCUT2D eigenvalue weighted by Gasteiger charge is 2.39. The van der Waals surface area contributed by atoms with Gasteiger partial charge in [0.05, 0.1) is 44.1 Å². The summed E-state index contributed by atoms with van der Waals surface area (Å²) < 4.78 is 66.1. The van der Waals surface area contributed by atoms with Crippen LogP contribution in [-0.2, 0) is 25.1 Å². The molecular formula is C25H33FN8O6S. The molecule has 2 saturated heterocycles. The molecule has 5 rings (SSSR count). The Morgan fingerprint density at radius 1 is 1.07 bits per heavy atom. The second-order valence-electron chi connectivity index (χ2n) is 10.1. The molecule has 0 unspecified atom stereocenters. The van der Waals surface area contributed by atoms with Gasteiger partial charge in [-0.1, -0.05) is 0 Å². The van der Waals surface area contributed by atoms with Crippen LogP contribution in [0.1, 0.15) is 50.9 Å². The molecule has 3 aromatic rings. The largest absolute Gasteiger partial charge is 0.479 e. The van der Waals surface area contributed by atoms with Crippen molar-refractivity contribution in [2.24, 2.45) is 0 Å². The van der Waals surface area contributed by atoms with Crippen LogP contribution in [0.4, 0.5) is 10.3 Å². The number of rotatable bonds is 10. The topological polar surface area (TPSA) is 157 Å². The van der Waals surface area contributed by atoms with Gasteiger partial charge in [0.2, 0.25) is 17.7 Å². The number of aromatic nitrogens is 7. The van der Waals surface area contributed by atoms with Crippen molar-refractivity contribution in [3.63, 3.8) is 0 Å². The first kappa shape index (κ1) is 29.0. The third-order valence-corrected chi connectivity index (χ3v) is 8.92. The number of anilines is 1. The molecule has 2 aliphatic rings. The van der Waals surface area contributed by atoms with Crippen LogP contribution in [0.15, 0.2) is 18.7 Å². The minimum atomic E-state index is -3.87. The summed E-state index contributed by atoms with van der Waals surface area (Å²) in [7, 11) is -0.981. The standard InChI is InChI=1S/C25H33FN8O6S/c1-15(2)40-17-8-18(12-33(11-17)25-27-9-16(26)10-28-25)41(35,36)13-20-31-32-22(19-6-5-7-39-19)34(20)21-23(37-3)29-14-30-24(21)38-4/h9-10,14-15,17-19H,5-8,11-13H2,1-4H3/t17-,18+,19-/m0/s1. The summed E-state index contributed by atoms with van der Waals surface area (Å²) in [6.07, 6.45) is 4.21. The van der Waals surface area contributed by atoms with E-state index in [1.807, 2.05) is 13.8 Å². The smallest absolute Gasteiger partial charge is 0.245 e. The molecule has 0 N–H and O–H groups in total. The van der Waals surface area contributed by atoms with E-state index in [9.17, 15) is 12.8 Å². The fourth-order valence-electron chi connectivity index (χ4n) is 5.18. The summed E-state index contributed by atoms with van der Waals surface area (Å²) in [6.45, 7) is 4.78. The van der Waals surface area contributed by atoms with Gasteiger partial charge in [-0.25, -0.2) is 22.8 Å². The lowest BCUT2D eigenvalue weighted by Gasteiger charge is -2.38. The minimum absolute atomic E-state index is 0.0970. The lowest BCUT2D eigenvalue weighted by atomic mass is 10.1. The lowest BCUT2D eigenvalue weighted by Crippen LogP contribution is -2.51. The van der Waals surface area contributed by atoms with Crippen molar-refractivity contribution in [1.82, 2.24) is 34.7 Å². The second-order valence-corrected chi connectivity index (χ2v) is 12.4.